The Morgan fingerprint density at radius 1 is 0.967 bits per heavy atom. The number of likely N-dealkylation sites (tertiary alicyclic amines) is 1. The summed E-state index contributed by atoms with van der Waals surface area (Å²) >= 11 is 0. The van der Waals surface area contributed by atoms with Crippen molar-refractivity contribution in [3.05, 3.63) is 42.0 Å². The molecular formula is C22H26N2O6. The number of benzene rings is 2. The van der Waals surface area contributed by atoms with E-state index in [-0.39, 0.29) is 24.3 Å². The van der Waals surface area contributed by atoms with Crippen LogP contribution < -0.4 is 24.3 Å². The molecule has 8 nitrogen and oxygen atoms in total. The van der Waals surface area contributed by atoms with E-state index in [1.807, 2.05) is 24.3 Å². The number of hydrogen-bond donors (Lipinski definition) is 1. The van der Waals surface area contributed by atoms with Crippen LogP contribution in [0.3, 0.4) is 0 Å². The van der Waals surface area contributed by atoms with Crippen molar-refractivity contribution in [1.82, 2.24) is 4.90 Å². The molecule has 2 amide bonds. The molecule has 3 rings (SSSR count). The quantitative estimate of drug-likeness (QED) is 0.750. The number of nitrogens with one attached hydrogen (secondary N) is 1. The van der Waals surface area contributed by atoms with Crippen molar-refractivity contribution in [1.29, 1.82) is 0 Å². The van der Waals surface area contributed by atoms with E-state index in [0.29, 0.717) is 28.7 Å². The van der Waals surface area contributed by atoms with Gasteiger partial charge in [-0.15, -0.1) is 0 Å². The van der Waals surface area contributed by atoms with E-state index in [0.717, 1.165) is 5.56 Å². The van der Waals surface area contributed by atoms with E-state index in [4.69, 9.17) is 18.9 Å². The minimum Gasteiger partial charge on any atom is -0.497 e. The normalized spacial score (nSPS) is 18.2. The van der Waals surface area contributed by atoms with Crippen LogP contribution in [0.15, 0.2) is 36.4 Å². The molecule has 1 saturated heterocycles. The maximum atomic E-state index is 13.1. The number of nitrogens with zero attached hydrogens (tertiary/aromatic N) is 1. The summed E-state index contributed by atoms with van der Waals surface area (Å²) in [6.07, 6.45) is 0.128. The highest BCUT2D eigenvalue weighted by Crippen LogP contribution is 2.41. The first-order valence-electron chi connectivity index (χ1n) is 9.44. The van der Waals surface area contributed by atoms with Crippen LogP contribution in [0.2, 0.25) is 0 Å². The van der Waals surface area contributed by atoms with Crippen LogP contribution in [0.5, 0.6) is 23.0 Å². The van der Waals surface area contributed by atoms with Gasteiger partial charge >= 0.3 is 0 Å². The molecule has 0 radical (unpaired) electrons. The molecule has 160 valence electrons. The van der Waals surface area contributed by atoms with Crippen molar-refractivity contribution in [2.75, 3.05) is 40.8 Å². The predicted octanol–water partition coefficient (Wildman–Crippen LogP) is 2.88. The van der Waals surface area contributed by atoms with E-state index in [2.05, 4.69) is 5.32 Å². The second kappa shape index (κ2) is 8.94. The van der Waals surface area contributed by atoms with Crippen molar-refractivity contribution in [3.63, 3.8) is 0 Å². The minimum absolute atomic E-state index is 0.0825. The van der Waals surface area contributed by atoms with Crippen LogP contribution in [0.25, 0.3) is 0 Å². The lowest BCUT2D eigenvalue weighted by atomic mass is 9.92. The maximum Gasteiger partial charge on any atom is 0.230 e. The number of ether oxygens (including phenoxy) is 4. The monoisotopic (exact) mass is 414 g/mol. The van der Waals surface area contributed by atoms with Crippen LogP contribution in [-0.2, 0) is 9.59 Å². The lowest BCUT2D eigenvalue weighted by molar-refractivity contribution is -0.127. The van der Waals surface area contributed by atoms with E-state index in [9.17, 15) is 9.59 Å². The van der Waals surface area contributed by atoms with Crippen LogP contribution in [0.1, 0.15) is 18.0 Å². The molecule has 0 bridgehead atoms. The molecule has 0 aromatic heterocycles. The Kier molecular flexibility index (Phi) is 6.34. The summed E-state index contributed by atoms with van der Waals surface area (Å²) in [5.41, 5.74) is 1.36. The first kappa shape index (κ1) is 21.3. The number of methoxy groups -OCH3 is 4. The smallest absolute Gasteiger partial charge is 0.230 e. The number of anilines is 1. The van der Waals surface area contributed by atoms with Gasteiger partial charge in [-0.2, -0.15) is 0 Å². The van der Waals surface area contributed by atoms with Crippen molar-refractivity contribution in [2.45, 2.75) is 12.5 Å². The first-order valence-corrected chi connectivity index (χ1v) is 9.44. The number of rotatable bonds is 7. The van der Waals surface area contributed by atoms with Crippen LogP contribution in [-0.4, -0.2) is 52.2 Å². The molecule has 2 aromatic rings. The summed E-state index contributed by atoms with van der Waals surface area (Å²) in [4.78, 5) is 27.1. The van der Waals surface area contributed by atoms with Gasteiger partial charge in [0.25, 0.3) is 0 Å². The largest absolute Gasteiger partial charge is 0.497 e. The molecule has 0 aliphatic carbocycles. The molecule has 1 heterocycles. The first-order chi connectivity index (χ1) is 14.4. The molecule has 1 N–H and O–H groups in total. The number of carbonyl (C=O) groups excluding carboxylic acids is 2. The van der Waals surface area contributed by atoms with Crippen molar-refractivity contribution >= 4 is 17.5 Å². The Morgan fingerprint density at radius 2 is 1.57 bits per heavy atom. The highest BCUT2D eigenvalue weighted by atomic mass is 16.5. The SMILES string of the molecule is COc1ccc([C@@H]2[C@H](C(=O)Nc3cc(OC)c(OC)c(OC)c3)CC(=O)N2C)cc1. The molecule has 1 aliphatic rings. The second-order valence-electron chi connectivity index (χ2n) is 6.94. The van der Waals surface area contributed by atoms with Gasteiger partial charge in [-0.25, -0.2) is 0 Å². The summed E-state index contributed by atoms with van der Waals surface area (Å²) < 4.78 is 21.2. The van der Waals surface area contributed by atoms with Crippen LogP contribution in [0.4, 0.5) is 5.69 Å². The van der Waals surface area contributed by atoms with Gasteiger partial charge in [0, 0.05) is 31.3 Å². The highest BCUT2D eigenvalue weighted by Gasteiger charge is 2.42. The minimum atomic E-state index is -0.546. The molecule has 0 spiro atoms. The Labute approximate surface area is 175 Å². The molecule has 1 fully saturated rings. The van der Waals surface area contributed by atoms with Gasteiger partial charge in [-0.1, -0.05) is 12.1 Å². The summed E-state index contributed by atoms with van der Waals surface area (Å²) in [7, 11) is 7.83. The standard InChI is InChI=1S/C22H26N2O6/c1-24-19(25)12-16(20(24)13-6-8-15(27-2)9-7-13)22(26)23-14-10-17(28-3)21(30-5)18(11-14)29-4/h6-11,16,20H,12H2,1-5H3,(H,23,26)/t16-,20-/m1/s1. The van der Waals surface area contributed by atoms with Gasteiger partial charge in [0.15, 0.2) is 11.5 Å². The third-order valence-corrected chi connectivity index (χ3v) is 5.31. The molecular weight excluding hydrogens is 388 g/mol. The summed E-state index contributed by atoms with van der Waals surface area (Å²) in [5.74, 6) is 1.12. The van der Waals surface area contributed by atoms with Gasteiger partial charge in [-0.3, -0.25) is 9.59 Å². The van der Waals surface area contributed by atoms with Gasteiger partial charge in [0.2, 0.25) is 17.6 Å². The van der Waals surface area contributed by atoms with Gasteiger partial charge in [0.1, 0.15) is 5.75 Å². The van der Waals surface area contributed by atoms with E-state index < -0.39 is 5.92 Å². The molecule has 8 heteroatoms. The lowest BCUT2D eigenvalue weighted by Crippen LogP contribution is -2.30. The highest BCUT2D eigenvalue weighted by molar-refractivity contribution is 5.98. The fourth-order valence-corrected chi connectivity index (χ4v) is 3.75. The Hall–Kier alpha value is -3.42. The fourth-order valence-electron chi connectivity index (χ4n) is 3.75. The zero-order valence-electron chi connectivity index (χ0n) is 17.7. The molecule has 1 aliphatic heterocycles. The number of carbonyl (C=O) groups is 2. The Bertz CT molecular complexity index is 903. The van der Waals surface area contributed by atoms with E-state index in [1.54, 1.807) is 31.2 Å². The second-order valence-corrected chi connectivity index (χ2v) is 6.94. The number of amides is 2. The Morgan fingerprint density at radius 3 is 2.07 bits per heavy atom. The number of hydrogen-bond acceptors (Lipinski definition) is 6. The zero-order valence-corrected chi connectivity index (χ0v) is 17.7. The summed E-state index contributed by atoms with van der Waals surface area (Å²) in [6, 6.07) is 10.3. The Balaban J connectivity index is 1.88. The molecule has 0 unspecified atom stereocenters. The topological polar surface area (TPSA) is 86.3 Å². The summed E-state index contributed by atoms with van der Waals surface area (Å²) in [5, 5.41) is 2.89. The third kappa shape index (κ3) is 3.98. The van der Waals surface area contributed by atoms with E-state index in [1.165, 1.54) is 21.3 Å². The third-order valence-electron chi connectivity index (χ3n) is 5.31. The predicted molar refractivity (Wildman–Crippen MR) is 111 cm³/mol. The van der Waals surface area contributed by atoms with Crippen LogP contribution in [0, 0.1) is 5.92 Å². The van der Waals surface area contributed by atoms with Gasteiger partial charge < -0.3 is 29.2 Å². The molecule has 30 heavy (non-hydrogen) atoms. The average Bonchev–Trinajstić information content (AvgIpc) is 3.07. The van der Waals surface area contributed by atoms with Gasteiger partial charge in [0.05, 0.1) is 40.4 Å². The van der Waals surface area contributed by atoms with Gasteiger partial charge in [-0.05, 0) is 17.7 Å². The van der Waals surface area contributed by atoms with Crippen molar-refractivity contribution in [2.24, 2.45) is 5.92 Å². The fraction of sp³-hybridized carbons (Fsp3) is 0.364. The van der Waals surface area contributed by atoms with E-state index >= 15 is 0 Å². The van der Waals surface area contributed by atoms with Crippen LogP contribution >= 0.6 is 0 Å². The maximum absolute atomic E-state index is 13.1. The van der Waals surface area contributed by atoms with Crippen molar-refractivity contribution < 1.29 is 28.5 Å². The lowest BCUT2D eigenvalue weighted by Gasteiger charge is -2.25. The molecule has 0 saturated carbocycles. The summed E-state index contributed by atoms with van der Waals surface area (Å²) in [6.45, 7) is 0. The molecule has 2 atom stereocenters. The zero-order chi connectivity index (χ0) is 21.8. The molecule has 2 aromatic carbocycles. The van der Waals surface area contributed by atoms with Crippen molar-refractivity contribution in [3.8, 4) is 23.0 Å². The average molecular weight is 414 g/mol.